The number of rotatable bonds is 13. The standard InChI is InChI=1S/C22H25N9O8S3/c32-10-23-20-24-12(6-40-20)14(27-39-11-3-1-2-4-11)16(35)25-15-17(36)30-7-22(19(37)38,8-41-18(15)30)9-42-21-26-28-29-31(21)5-13(33)34/h6,10-11,15,18H,1-5,7-9H2,(H,25,35)(H,33,34)(H,37,38)(H,23,24,32)/t15?,18-,22?/m1/s1. The first kappa shape index (κ1) is 29.7. The number of nitrogens with zero attached hydrogens (tertiary/aromatic N) is 7. The lowest BCUT2D eigenvalue weighted by Gasteiger charge is -2.53. The Morgan fingerprint density at radius 2 is 2.07 bits per heavy atom. The van der Waals surface area contributed by atoms with E-state index in [1.807, 2.05) is 0 Å². The van der Waals surface area contributed by atoms with Crippen molar-refractivity contribution >= 4 is 75.9 Å². The van der Waals surface area contributed by atoms with Crippen LogP contribution in [-0.4, -0.2) is 112 Å². The quantitative estimate of drug-likeness (QED) is 0.0725. The van der Waals surface area contributed by atoms with Crippen molar-refractivity contribution in [1.82, 2.24) is 35.4 Å². The van der Waals surface area contributed by atoms with Crippen molar-refractivity contribution in [3.63, 3.8) is 0 Å². The average molecular weight is 640 g/mol. The molecule has 3 amide bonds. The van der Waals surface area contributed by atoms with Crippen LogP contribution in [0, 0.1) is 5.41 Å². The summed E-state index contributed by atoms with van der Waals surface area (Å²) in [7, 11) is 0. The number of oxime groups is 1. The summed E-state index contributed by atoms with van der Waals surface area (Å²) in [5.74, 6) is -3.32. The maximum atomic E-state index is 13.3. The molecule has 2 aliphatic heterocycles. The Hall–Kier alpha value is -3.78. The summed E-state index contributed by atoms with van der Waals surface area (Å²) in [5, 5.41) is 40.6. The zero-order valence-corrected chi connectivity index (χ0v) is 24.2. The van der Waals surface area contributed by atoms with Gasteiger partial charge in [0.15, 0.2) is 10.8 Å². The molecule has 3 fully saturated rings. The van der Waals surface area contributed by atoms with Crippen LogP contribution in [-0.2, 0) is 35.4 Å². The fraction of sp³-hybridized carbons (Fsp3) is 0.545. The van der Waals surface area contributed by atoms with Gasteiger partial charge in [0, 0.05) is 23.4 Å². The molecule has 0 bridgehead atoms. The zero-order valence-electron chi connectivity index (χ0n) is 21.7. The van der Waals surface area contributed by atoms with E-state index in [0.29, 0.717) is 6.41 Å². The molecule has 1 saturated carbocycles. The highest BCUT2D eigenvalue weighted by Gasteiger charge is 2.57. The molecule has 42 heavy (non-hydrogen) atoms. The van der Waals surface area contributed by atoms with Gasteiger partial charge in [-0.05, 0) is 36.1 Å². The number of nitrogens with one attached hydrogen (secondary N) is 2. The summed E-state index contributed by atoms with van der Waals surface area (Å²) in [4.78, 5) is 71.9. The number of tetrazole rings is 1. The van der Waals surface area contributed by atoms with Crippen LogP contribution in [0.3, 0.4) is 0 Å². The van der Waals surface area contributed by atoms with Crippen LogP contribution in [0.4, 0.5) is 5.13 Å². The summed E-state index contributed by atoms with van der Waals surface area (Å²) in [6.07, 6.45) is 3.93. The van der Waals surface area contributed by atoms with E-state index in [0.717, 1.165) is 53.5 Å². The number of carbonyl (C=O) groups is 5. The third kappa shape index (κ3) is 6.19. The Balaban J connectivity index is 1.25. The van der Waals surface area contributed by atoms with Gasteiger partial charge >= 0.3 is 11.9 Å². The van der Waals surface area contributed by atoms with Crippen molar-refractivity contribution in [2.24, 2.45) is 10.6 Å². The van der Waals surface area contributed by atoms with E-state index >= 15 is 0 Å². The lowest BCUT2D eigenvalue weighted by atomic mass is 9.89. The summed E-state index contributed by atoms with van der Waals surface area (Å²) < 4.78 is 1.05. The monoisotopic (exact) mass is 639 g/mol. The van der Waals surface area contributed by atoms with Crippen molar-refractivity contribution in [3.05, 3.63) is 11.1 Å². The van der Waals surface area contributed by atoms with Crippen LogP contribution < -0.4 is 10.6 Å². The fourth-order valence-electron chi connectivity index (χ4n) is 4.67. The number of thiazole rings is 1. The van der Waals surface area contributed by atoms with Gasteiger partial charge < -0.3 is 30.6 Å². The van der Waals surface area contributed by atoms with E-state index in [1.54, 1.807) is 0 Å². The molecule has 2 unspecified atom stereocenters. The molecular weight excluding hydrogens is 614 g/mol. The molecule has 0 radical (unpaired) electrons. The molecular formula is C22H25N9O8S3. The normalized spacial score (nSPS) is 24.0. The van der Waals surface area contributed by atoms with Gasteiger partial charge in [0.1, 0.15) is 35.2 Å². The maximum absolute atomic E-state index is 13.3. The molecule has 0 aromatic carbocycles. The molecule has 3 atom stereocenters. The number of amides is 3. The van der Waals surface area contributed by atoms with E-state index in [4.69, 9.17) is 9.94 Å². The Morgan fingerprint density at radius 1 is 1.29 bits per heavy atom. The van der Waals surface area contributed by atoms with Gasteiger partial charge in [-0.3, -0.25) is 24.0 Å². The minimum absolute atomic E-state index is 0.0147. The van der Waals surface area contributed by atoms with Crippen LogP contribution in [0.5, 0.6) is 0 Å². The third-order valence-electron chi connectivity index (χ3n) is 6.89. The van der Waals surface area contributed by atoms with Crippen molar-refractivity contribution < 1.29 is 39.0 Å². The van der Waals surface area contributed by atoms with Crippen LogP contribution in [0.25, 0.3) is 0 Å². The lowest BCUT2D eigenvalue weighted by molar-refractivity contribution is -0.157. The molecule has 2 saturated heterocycles. The van der Waals surface area contributed by atoms with Crippen molar-refractivity contribution in [3.8, 4) is 0 Å². The molecule has 3 aliphatic rings. The van der Waals surface area contributed by atoms with Crippen LogP contribution >= 0.6 is 34.9 Å². The van der Waals surface area contributed by atoms with Crippen LogP contribution in [0.1, 0.15) is 31.4 Å². The number of thioether (sulfide) groups is 2. The number of carboxylic acids is 2. The first-order chi connectivity index (χ1) is 20.2. The Labute approximate surface area is 249 Å². The molecule has 17 nitrogen and oxygen atoms in total. The van der Waals surface area contributed by atoms with E-state index in [-0.39, 0.29) is 45.8 Å². The number of anilines is 1. The number of fused-ring (bicyclic) bond motifs is 1. The highest BCUT2D eigenvalue weighted by Crippen LogP contribution is 2.44. The van der Waals surface area contributed by atoms with Gasteiger partial charge in [-0.2, -0.15) is 0 Å². The Morgan fingerprint density at radius 3 is 2.79 bits per heavy atom. The summed E-state index contributed by atoms with van der Waals surface area (Å²) in [5.41, 5.74) is -1.33. The average Bonchev–Trinajstić information content (AvgIpc) is 3.74. The number of aliphatic carboxylic acids is 2. The number of aromatic nitrogens is 5. The summed E-state index contributed by atoms with van der Waals surface area (Å²) >= 11 is 3.30. The lowest BCUT2D eigenvalue weighted by Crippen LogP contribution is -2.74. The minimum atomic E-state index is -1.36. The summed E-state index contributed by atoms with van der Waals surface area (Å²) in [6.45, 7) is -0.595. The van der Waals surface area contributed by atoms with Gasteiger partial charge in [-0.15, -0.1) is 28.2 Å². The Kier molecular flexibility index (Phi) is 8.92. The first-order valence-electron chi connectivity index (χ1n) is 12.7. The third-order valence-corrected chi connectivity index (χ3v) is 10.5. The molecule has 4 heterocycles. The van der Waals surface area contributed by atoms with Gasteiger partial charge in [0.2, 0.25) is 17.5 Å². The van der Waals surface area contributed by atoms with Gasteiger partial charge in [0.25, 0.3) is 5.91 Å². The molecule has 224 valence electrons. The van der Waals surface area contributed by atoms with E-state index in [2.05, 4.69) is 36.3 Å². The second-order valence-electron chi connectivity index (χ2n) is 9.76. The number of β-lactam (4-membered cyclic amide) rings is 1. The second kappa shape index (κ2) is 12.6. The Bertz CT molecular complexity index is 1410. The molecule has 0 spiro atoms. The molecule has 1 aliphatic carbocycles. The fourth-order valence-corrected chi connectivity index (χ4v) is 8.06. The highest BCUT2D eigenvalue weighted by atomic mass is 32.2. The van der Waals surface area contributed by atoms with E-state index in [9.17, 15) is 29.1 Å². The number of carboxylic acid groups (broad SMARTS) is 2. The number of hydrogen-bond acceptors (Lipinski definition) is 14. The van der Waals surface area contributed by atoms with E-state index in [1.165, 1.54) is 22.0 Å². The second-order valence-corrected chi connectivity index (χ2v) is 12.7. The predicted octanol–water partition coefficient (Wildman–Crippen LogP) is -0.291. The van der Waals surface area contributed by atoms with Crippen LogP contribution in [0.15, 0.2) is 15.7 Å². The predicted molar refractivity (Wildman–Crippen MR) is 148 cm³/mol. The maximum Gasteiger partial charge on any atom is 0.325 e. The smallest absolute Gasteiger partial charge is 0.325 e. The number of carbonyl (C=O) groups excluding carboxylic acids is 3. The molecule has 20 heteroatoms. The van der Waals surface area contributed by atoms with Crippen molar-refractivity contribution in [1.29, 1.82) is 0 Å². The molecule has 2 aromatic heterocycles. The van der Waals surface area contributed by atoms with Crippen LogP contribution in [0.2, 0.25) is 0 Å². The molecule has 2 aromatic rings. The summed E-state index contributed by atoms with van der Waals surface area (Å²) in [6, 6.07) is -0.923. The molecule has 5 rings (SSSR count). The highest BCUT2D eigenvalue weighted by molar-refractivity contribution is 8.00. The van der Waals surface area contributed by atoms with Gasteiger partial charge in [0.05, 0.1) is 0 Å². The van der Waals surface area contributed by atoms with Gasteiger partial charge in [-0.1, -0.05) is 16.9 Å². The number of hydrogen-bond donors (Lipinski definition) is 4. The zero-order chi connectivity index (χ0) is 29.9. The van der Waals surface area contributed by atoms with Gasteiger partial charge in [-0.25, -0.2) is 9.67 Å². The minimum Gasteiger partial charge on any atom is -0.481 e. The molecule has 4 N–H and O–H groups in total. The first-order valence-corrected chi connectivity index (χ1v) is 15.6. The SMILES string of the molecule is O=CNc1nc(C(=NOC2CCCC2)C(=O)NC2C(=O)N3CC(CSc4nnnn4CC(=O)O)(C(=O)O)CS[C@H]23)cs1. The van der Waals surface area contributed by atoms with Crippen molar-refractivity contribution in [2.45, 2.75) is 54.9 Å². The van der Waals surface area contributed by atoms with E-state index < -0.39 is 47.1 Å². The topological polar surface area (TPSA) is 231 Å². The largest absolute Gasteiger partial charge is 0.481 e. The van der Waals surface area contributed by atoms with Crippen molar-refractivity contribution in [2.75, 3.05) is 23.4 Å².